The van der Waals surface area contributed by atoms with Crippen molar-refractivity contribution < 1.29 is 19.4 Å². The van der Waals surface area contributed by atoms with E-state index < -0.39 is 12.0 Å². The van der Waals surface area contributed by atoms with Gasteiger partial charge in [0.05, 0.1) is 6.61 Å². The Balaban J connectivity index is 2.06. The molecule has 0 saturated heterocycles. The summed E-state index contributed by atoms with van der Waals surface area (Å²) in [5, 5.41) is 11.7. The second-order valence-corrected chi connectivity index (χ2v) is 4.76. The van der Waals surface area contributed by atoms with Gasteiger partial charge in [-0.15, -0.1) is 0 Å². The third kappa shape index (κ3) is 3.54. The van der Waals surface area contributed by atoms with Gasteiger partial charge in [0.15, 0.2) is 0 Å². The molecule has 0 spiro atoms. The smallest absolute Gasteiger partial charge is 0.326 e. The molecule has 2 rings (SSSR count). The van der Waals surface area contributed by atoms with E-state index in [1.54, 1.807) is 25.3 Å². The molecule has 1 unspecified atom stereocenters. The zero-order chi connectivity index (χ0) is 13.8. The fourth-order valence-corrected chi connectivity index (χ4v) is 2.00. The lowest BCUT2D eigenvalue weighted by Crippen LogP contribution is -2.42. The van der Waals surface area contributed by atoms with Crippen LogP contribution in [-0.2, 0) is 16.1 Å². The SMILES string of the molecule is COCc1cccc(C(=O)NC(C(=O)O)C2CC2)c1. The van der Waals surface area contributed by atoms with Crippen LogP contribution in [0.2, 0.25) is 0 Å². The van der Waals surface area contributed by atoms with Gasteiger partial charge in [0.1, 0.15) is 6.04 Å². The van der Waals surface area contributed by atoms with Crippen LogP contribution in [0.5, 0.6) is 0 Å². The second kappa shape index (κ2) is 5.84. The molecule has 1 amide bonds. The fraction of sp³-hybridized carbons (Fsp3) is 0.429. The number of hydrogen-bond donors (Lipinski definition) is 2. The molecule has 5 nitrogen and oxygen atoms in total. The molecule has 1 aromatic rings. The maximum atomic E-state index is 12.0. The van der Waals surface area contributed by atoms with Crippen LogP contribution in [0.3, 0.4) is 0 Å². The van der Waals surface area contributed by atoms with Crippen molar-refractivity contribution in [3.63, 3.8) is 0 Å². The average Bonchev–Trinajstić information content (AvgIpc) is 3.20. The molecule has 0 bridgehead atoms. The number of carboxylic acid groups (broad SMARTS) is 1. The molecule has 2 N–H and O–H groups in total. The number of ether oxygens (including phenoxy) is 1. The van der Waals surface area contributed by atoms with Gasteiger partial charge in [0.25, 0.3) is 5.91 Å². The number of carbonyl (C=O) groups excluding carboxylic acids is 1. The minimum absolute atomic E-state index is 0.0728. The van der Waals surface area contributed by atoms with E-state index in [1.807, 2.05) is 6.07 Å². The molecule has 102 valence electrons. The number of methoxy groups -OCH3 is 1. The van der Waals surface area contributed by atoms with E-state index in [-0.39, 0.29) is 11.8 Å². The van der Waals surface area contributed by atoms with Crippen molar-refractivity contribution >= 4 is 11.9 Å². The van der Waals surface area contributed by atoms with Crippen LogP contribution >= 0.6 is 0 Å². The molecule has 1 saturated carbocycles. The summed E-state index contributed by atoms with van der Waals surface area (Å²) in [6, 6.07) is 6.22. The third-order valence-corrected chi connectivity index (χ3v) is 3.15. The van der Waals surface area contributed by atoms with Crippen LogP contribution in [0.1, 0.15) is 28.8 Å². The predicted octanol–water partition coefficient (Wildman–Crippen LogP) is 1.43. The second-order valence-electron chi connectivity index (χ2n) is 4.76. The first-order valence-corrected chi connectivity index (χ1v) is 6.23. The average molecular weight is 263 g/mol. The summed E-state index contributed by atoms with van der Waals surface area (Å²) in [7, 11) is 1.58. The van der Waals surface area contributed by atoms with Crippen molar-refractivity contribution in [2.45, 2.75) is 25.5 Å². The molecule has 0 aliphatic heterocycles. The molecule has 5 heteroatoms. The quantitative estimate of drug-likeness (QED) is 0.814. The number of rotatable bonds is 6. The number of carbonyl (C=O) groups is 2. The monoisotopic (exact) mass is 263 g/mol. The van der Waals surface area contributed by atoms with Crippen LogP contribution in [0, 0.1) is 5.92 Å². The Labute approximate surface area is 111 Å². The Morgan fingerprint density at radius 1 is 1.47 bits per heavy atom. The largest absolute Gasteiger partial charge is 0.480 e. The Bertz CT molecular complexity index is 482. The zero-order valence-corrected chi connectivity index (χ0v) is 10.8. The first-order chi connectivity index (χ1) is 9.11. The summed E-state index contributed by atoms with van der Waals surface area (Å²) in [6.07, 6.45) is 1.72. The summed E-state index contributed by atoms with van der Waals surface area (Å²) < 4.78 is 5.00. The van der Waals surface area contributed by atoms with Crippen molar-refractivity contribution in [2.75, 3.05) is 7.11 Å². The first-order valence-electron chi connectivity index (χ1n) is 6.23. The van der Waals surface area contributed by atoms with Gasteiger partial charge >= 0.3 is 5.97 Å². The molecule has 1 atom stereocenters. The van der Waals surface area contributed by atoms with Gasteiger partial charge in [0, 0.05) is 12.7 Å². The van der Waals surface area contributed by atoms with Gasteiger partial charge in [-0.25, -0.2) is 4.79 Å². The van der Waals surface area contributed by atoms with E-state index in [9.17, 15) is 9.59 Å². The molecule has 0 heterocycles. The van der Waals surface area contributed by atoms with Crippen molar-refractivity contribution in [1.29, 1.82) is 0 Å². The van der Waals surface area contributed by atoms with E-state index in [0.29, 0.717) is 12.2 Å². The molecule has 1 aliphatic rings. The predicted molar refractivity (Wildman–Crippen MR) is 68.8 cm³/mol. The van der Waals surface area contributed by atoms with Crippen molar-refractivity contribution in [1.82, 2.24) is 5.32 Å². The number of hydrogen-bond acceptors (Lipinski definition) is 3. The summed E-state index contributed by atoms with van der Waals surface area (Å²) in [5.41, 5.74) is 1.34. The lowest BCUT2D eigenvalue weighted by atomic mass is 10.1. The molecule has 1 fully saturated rings. The molecular formula is C14H17NO4. The highest BCUT2D eigenvalue weighted by atomic mass is 16.5. The Morgan fingerprint density at radius 3 is 2.79 bits per heavy atom. The molecule has 0 radical (unpaired) electrons. The first kappa shape index (κ1) is 13.5. The number of carboxylic acids is 1. The highest BCUT2D eigenvalue weighted by Gasteiger charge is 2.37. The number of amides is 1. The minimum Gasteiger partial charge on any atom is -0.480 e. The summed E-state index contributed by atoms with van der Waals surface area (Å²) in [6.45, 7) is 0.423. The van der Waals surface area contributed by atoms with Gasteiger partial charge in [-0.05, 0) is 36.5 Å². The Hall–Kier alpha value is -1.88. The lowest BCUT2D eigenvalue weighted by Gasteiger charge is -2.13. The van der Waals surface area contributed by atoms with Crippen LogP contribution < -0.4 is 5.32 Å². The van der Waals surface area contributed by atoms with E-state index in [1.165, 1.54) is 0 Å². The number of benzene rings is 1. The summed E-state index contributed by atoms with van der Waals surface area (Å²) in [4.78, 5) is 23.1. The standard InChI is InChI=1S/C14H17NO4/c1-19-8-9-3-2-4-11(7-9)13(16)15-12(14(17)18)10-5-6-10/h2-4,7,10,12H,5-6,8H2,1H3,(H,15,16)(H,17,18). The maximum absolute atomic E-state index is 12.0. The molecule has 0 aromatic heterocycles. The highest BCUT2D eigenvalue weighted by Crippen LogP contribution is 2.32. The summed E-state index contributed by atoms with van der Waals surface area (Å²) >= 11 is 0. The highest BCUT2D eigenvalue weighted by molar-refractivity contribution is 5.96. The molecule has 19 heavy (non-hydrogen) atoms. The topological polar surface area (TPSA) is 75.6 Å². The lowest BCUT2D eigenvalue weighted by molar-refractivity contribution is -0.139. The molecule has 1 aliphatic carbocycles. The Kier molecular flexibility index (Phi) is 4.16. The minimum atomic E-state index is -0.969. The fourth-order valence-electron chi connectivity index (χ4n) is 2.00. The van der Waals surface area contributed by atoms with E-state index in [0.717, 1.165) is 18.4 Å². The van der Waals surface area contributed by atoms with E-state index >= 15 is 0 Å². The van der Waals surface area contributed by atoms with Gasteiger partial charge < -0.3 is 15.2 Å². The normalized spacial score (nSPS) is 15.8. The maximum Gasteiger partial charge on any atom is 0.326 e. The van der Waals surface area contributed by atoms with E-state index in [4.69, 9.17) is 9.84 Å². The van der Waals surface area contributed by atoms with Gasteiger partial charge in [-0.1, -0.05) is 12.1 Å². The van der Waals surface area contributed by atoms with Gasteiger partial charge in [-0.2, -0.15) is 0 Å². The van der Waals surface area contributed by atoms with Crippen LogP contribution in [0.15, 0.2) is 24.3 Å². The Morgan fingerprint density at radius 2 is 2.21 bits per heavy atom. The number of nitrogens with one attached hydrogen (secondary N) is 1. The third-order valence-electron chi connectivity index (χ3n) is 3.15. The molecular weight excluding hydrogens is 246 g/mol. The zero-order valence-electron chi connectivity index (χ0n) is 10.8. The van der Waals surface area contributed by atoms with Crippen molar-refractivity contribution in [3.8, 4) is 0 Å². The van der Waals surface area contributed by atoms with Crippen molar-refractivity contribution in [2.24, 2.45) is 5.92 Å². The van der Waals surface area contributed by atoms with E-state index in [2.05, 4.69) is 5.32 Å². The van der Waals surface area contributed by atoms with Crippen molar-refractivity contribution in [3.05, 3.63) is 35.4 Å². The number of aliphatic carboxylic acids is 1. The van der Waals surface area contributed by atoms with Gasteiger partial charge in [-0.3, -0.25) is 4.79 Å². The van der Waals surface area contributed by atoms with Gasteiger partial charge in [0.2, 0.25) is 0 Å². The summed E-state index contributed by atoms with van der Waals surface area (Å²) in [5.74, 6) is -1.25. The van der Waals surface area contributed by atoms with Crippen LogP contribution in [0.25, 0.3) is 0 Å². The van der Waals surface area contributed by atoms with Crippen LogP contribution in [0.4, 0.5) is 0 Å². The molecule has 1 aromatic carbocycles. The van der Waals surface area contributed by atoms with Crippen LogP contribution in [-0.4, -0.2) is 30.1 Å².